The number of hydrogen-bond donors (Lipinski definition) is 2. The van der Waals surface area contributed by atoms with Gasteiger partial charge in [-0.15, -0.1) is 24.8 Å². The summed E-state index contributed by atoms with van der Waals surface area (Å²) in [6.07, 6.45) is 4.78. The number of benzene rings is 1. The molecular weight excluding hydrogens is 345 g/mol. The molecule has 1 aliphatic rings. The average molecular weight is 372 g/mol. The second kappa shape index (κ2) is 8.75. The Balaban J connectivity index is 0.00000144. The van der Waals surface area contributed by atoms with Crippen LogP contribution in [0.5, 0.6) is 0 Å². The fourth-order valence-corrected chi connectivity index (χ4v) is 3.33. The van der Waals surface area contributed by atoms with Gasteiger partial charge in [0.25, 0.3) is 0 Å². The Morgan fingerprint density at radius 2 is 2.04 bits per heavy atom. The van der Waals surface area contributed by atoms with E-state index < -0.39 is 0 Å². The van der Waals surface area contributed by atoms with Gasteiger partial charge in [0.05, 0.1) is 0 Å². The Kier molecular flexibility index (Phi) is 7.58. The molecule has 3 N–H and O–H groups in total. The molecule has 6 heteroatoms. The summed E-state index contributed by atoms with van der Waals surface area (Å²) < 4.78 is 2.27. The Labute approximate surface area is 156 Å². The van der Waals surface area contributed by atoms with Crippen molar-refractivity contribution in [3.8, 4) is 0 Å². The third kappa shape index (κ3) is 4.65. The standard InChI is InChI=1S/C18H25N3O.2ClH/c1-12(2)11-21-8-7-13-10-16(5-6-17(13)21)20-18(22)14-3-4-15(19)9-14;;/h5-8,10,12,14-15H,3-4,9,11,19H2,1-2H3,(H,20,22);2*1H. The SMILES string of the molecule is CC(C)Cn1ccc2cc(NC(=O)C3CCC(N)C3)ccc21.Cl.Cl. The molecule has 1 aliphatic carbocycles. The molecule has 0 radical (unpaired) electrons. The van der Waals surface area contributed by atoms with E-state index >= 15 is 0 Å². The van der Waals surface area contributed by atoms with Crippen molar-refractivity contribution in [2.75, 3.05) is 5.32 Å². The number of amides is 1. The molecule has 0 aliphatic heterocycles. The van der Waals surface area contributed by atoms with Crippen molar-refractivity contribution in [3.05, 3.63) is 30.5 Å². The first kappa shape index (κ1) is 20.8. The first-order valence-electron chi connectivity index (χ1n) is 8.18. The highest BCUT2D eigenvalue weighted by atomic mass is 35.5. The molecular formula is C18H27Cl2N3O. The summed E-state index contributed by atoms with van der Waals surface area (Å²) >= 11 is 0. The lowest BCUT2D eigenvalue weighted by Crippen LogP contribution is -2.23. The highest BCUT2D eigenvalue weighted by molar-refractivity contribution is 5.95. The Hall–Kier alpha value is -1.23. The molecule has 134 valence electrons. The van der Waals surface area contributed by atoms with Gasteiger partial charge in [-0.1, -0.05) is 13.8 Å². The third-order valence-corrected chi connectivity index (χ3v) is 4.44. The minimum Gasteiger partial charge on any atom is -0.347 e. The Bertz CT molecular complexity index is 684. The van der Waals surface area contributed by atoms with Gasteiger partial charge in [0.2, 0.25) is 5.91 Å². The van der Waals surface area contributed by atoms with Crippen LogP contribution in [-0.4, -0.2) is 16.5 Å². The van der Waals surface area contributed by atoms with Gasteiger partial charge in [-0.25, -0.2) is 0 Å². The number of nitrogens with two attached hydrogens (primary N) is 1. The summed E-state index contributed by atoms with van der Waals surface area (Å²) in [6, 6.07) is 8.43. The summed E-state index contributed by atoms with van der Waals surface area (Å²) in [5.41, 5.74) is 7.98. The number of rotatable bonds is 4. The molecule has 0 saturated heterocycles. The van der Waals surface area contributed by atoms with Crippen LogP contribution in [0.15, 0.2) is 30.5 Å². The monoisotopic (exact) mass is 371 g/mol. The van der Waals surface area contributed by atoms with Gasteiger partial charge in [0.1, 0.15) is 0 Å². The zero-order valence-corrected chi connectivity index (χ0v) is 15.8. The second-order valence-corrected chi connectivity index (χ2v) is 6.89. The maximum Gasteiger partial charge on any atom is 0.227 e. The minimum atomic E-state index is 0. The van der Waals surface area contributed by atoms with Crippen molar-refractivity contribution in [1.29, 1.82) is 0 Å². The van der Waals surface area contributed by atoms with Crippen molar-refractivity contribution in [2.45, 2.75) is 45.7 Å². The third-order valence-electron chi connectivity index (χ3n) is 4.44. The first-order chi connectivity index (χ1) is 10.5. The highest BCUT2D eigenvalue weighted by Gasteiger charge is 2.27. The maximum absolute atomic E-state index is 12.3. The van der Waals surface area contributed by atoms with E-state index in [2.05, 4.69) is 48.1 Å². The van der Waals surface area contributed by atoms with Gasteiger partial charge in [0, 0.05) is 41.3 Å². The normalized spacial score (nSPS) is 19.8. The molecule has 1 aromatic carbocycles. The van der Waals surface area contributed by atoms with Crippen LogP contribution < -0.4 is 11.1 Å². The summed E-state index contributed by atoms with van der Waals surface area (Å²) in [7, 11) is 0. The lowest BCUT2D eigenvalue weighted by atomic mass is 10.1. The van der Waals surface area contributed by atoms with Crippen LogP contribution in [0.1, 0.15) is 33.1 Å². The van der Waals surface area contributed by atoms with E-state index in [0.717, 1.165) is 31.5 Å². The molecule has 24 heavy (non-hydrogen) atoms. The van der Waals surface area contributed by atoms with Crippen LogP contribution in [0.2, 0.25) is 0 Å². The Morgan fingerprint density at radius 3 is 2.67 bits per heavy atom. The molecule has 2 aromatic rings. The van der Waals surface area contributed by atoms with Crippen LogP contribution in [-0.2, 0) is 11.3 Å². The van der Waals surface area contributed by atoms with E-state index in [-0.39, 0.29) is 42.7 Å². The molecule has 1 heterocycles. The maximum atomic E-state index is 12.3. The van der Waals surface area contributed by atoms with Crippen molar-refractivity contribution in [3.63, 3.8) is 0 Å². The number of halogens is 2. The largest absolute Gasteiger partial charge is 0.347 e. The molecule has 0 bridgehead atoms. The van der Waals surface area contributed by atoms with Gasteiger partial charge in [0.15, 0.2) is 0 Å². The molecule has 0 spiro atoms. The number of fused-ring (bicyclic) bond motifs is 1. The quantitative estimate of drug-likeness (QED) is 0.845. The minimum absolute atomic E-state index is 0. The summed E-state index contributed by atoms with van der Waals surface area (Å²) in [4.78, 5) is 12.3. The summed E-state index contributed by atoms with van der Waals surface area (Å²) in [5, 5.41) is 4.21. The molecule has 4 nitrogen and oxygen atoms in total. The van der Waals surface area contributed by atoms with E-state index in [1.165, 1.54) is 10.9 Å². The number of hydrogen-bond acceptors (Lipinski definition) is 2. The summed E-state index contributed by atoms with van der Waals surface area (Å²) in [6.45, 7) is 5.44. The highest BCUT2D eigenvalue weighted by Crippen LogP contribution is 2.27. The first-order valence-corrected chi connectivity index (χ1v) is 8.18. The Morgan fingerprint density at radius 1 is 1.29 bits per heavy atom. The molecule has 1 fully saturated rings. The van der Waals surface area contributed by atoms with Gasteiger partial charge in [-0.2, -0.15) is 0 Å². The van der Waals surface area contributed by atoms with Crippen molar-refractivity contribution < 1.29 is 4.79 Å². The molecule has 1 amide bonds. The van der Waals surface area contributed by atoms with Crippen LogP contribution in [0.3, 0.4) is 0 Å². The van der Waals surface area contributed by atoms with E-state index in [1.54, 1.807) is 0 Å². The van der Waals surface area contributed by atoms with Crippen LogP contribution in [0, 0.1) is 11.8 Å². The van der Waals surface area contributed by atoms with Crippen LogP contribution >= 0.6 is 24.8 Å². The van der Waals surface area contributed by atoms with Crippen molar-refractivity contribution >= 4 is 47.3 Å². The number of nitrogens with one attached hydrogen (secondary N) is 1. The van der Waals surface area contributed by atoms with Gasteiger partial charge < -0.3 is 15.6 Å². The fraction of sp³-hybridized carbons (Fsp3) is 0.500. The number of carbonyl (C=O) groups excluding carboxylic acids is 1. The van der Waals surface area contributed by atoms with Crippen LogP contribution in [0.25, 0.3) is 10.9 Å². The predicted molar refractivity (Wildman–Crippen MR) is 105 cm³/mol. The smallest absolute Gasteiger partial charge is 0.227 e. The predicted octanol–water partition coefficient (Wildman–Crippen LogP) is 4.21. The molecule has 1 saturated carbocycles. The van der Waals surface area contributed by atoms with E-state index in [1.807, 2.05) is 6.07 Å². The number of anilines is 1. The van der Waals surface area contributed by atoms with Crippen molar-refractivity contribution in [2.24, 2.45) is 17.6 Å². The number of aromatic nitrogens is 1. The van der Waals surface area contributed by atoms with E-state index in [4.69, 9.17) is 5.73 Å². The zero-order valence-electron chi connectivity index (χ0n) is 14.2. The van der Waals surface area contributed by atoms with E-state index in [0.29, 0.717) is 5.92 Å². The molecule has 1 aromatic heterocycles. The fourth-order valence-electron chi connectivity index (χ4n) is 3.33. The van der Waals surface area contributed by atoms with Crippen molar-refractivity contribution in [1.82, 2.24) is 4.57 Å². The second-order valence-electron chi connectivity index (χ2n) is 6.89. The molecule has 2 unspecified atom stereocenters. The topological polar surface area (TPSA) is 60.0 Å². The van der Waals surface area contributed by atoms with Gasteiger partial charge in [-0.05, 0) is 49.4 Å². The molecule has 2 atom stereocenters. The van der Waals surface area contributed by atoms with Gasteiger partial charge in [-0.3, -0.25) is 4.79 Å². The molecule has 3 rings (SSSR count). The number of nitrogens with zero attached hydrogens (tertiary/aromatic N) is 1. The average Bonchev–Trinajstić information content (AvgIpc) is 3.05. The number of carbonyl (C=O) groups is 1. The lowest BCUT2D eigenvalue weighted by molar-refractivity contribution is -0.119. The van der Waals surface area contributed by atoms with Gasteiger partial charge >= 0.3 is 0 Å². The van der Waals surface area contributed by atoms with Crippen LogP contribution in [0.4, 0.5) is 5.69 Å². The zero-order chi connectivity index (χ0) is 15.7. The summed E-state index contributed by atoms with van der Waals surface area (Å²) in [5.74, 6) is 0.784. The lowest BCUT2D eigenvalue weighted by Gasteiger charge is -2.12. The van der Waals surface area contributed by atoms with E-state index in [9.17, 15) is 4.79 Å².